The summed E-state index contributed by atoms with van der Waals surface area (Å²) in [6.45, 7) is 1.90. The molecule has 0 saturated heterocycles. The molecule has 1 rings (SSSR count). The zero-order valence-electron chi connectivity index (χ0n) is 10.8. The van der Waals surface area contributed by atoms with Gasteiger partial charge in [-0.1, -0.05) is 12.8 Å². The standard InChI is InChI=1S/C11H18ClNO5S/c1-2-18-9(14)5-8-13(19(16)17)11(10(12)15)6-3-4-7-11/h2-8H2,1H3,(H,16,17). The van der Waals surface area contributed by atoms with Crippen molar-refractivity contribution in [2.75, 3.05) is 13.2 Å². The quantitative estimate of drug-likeness (QED) is 0.437. The maximum absolute atomic E-state index is 11.6. The molecule has 1 aliphatic rings. The third-order valence-electron chi connectivity index (χ3n) is 3.29. The Kier molecular flexibility index (Phi) is 6.38. The molecule has 6 nitrogen and oxygen atoms in total. The van der Waals surface area contributed by atoms with Gasteiger partial charge in [0.05, 0.1) is 13.0 Å². The highest BCUT2D eigenvalue weighted by atomic mass is 35.5. The molecule has 1 saturated carbocycles. The van der Waals surface area contributed by atoms with Crippen LogP contribution in [0, 0.1) is 0 Å². The van der Waals surface area contributed by atoms with Crippen LogP contribution >= 0.6 is 11.6 Å². The van der Waals surface area contributed by atoms with Crippen LogP contribution in [0.4, 0.5) is 0 Å². The lowest BCUT2D eigenvalue weighted by Crippen LogP contribution is -2.52. The minimum atomic E-state index is -2.35. The van der Waals surface area contributed by atoms with E-state index in [0.29, 0.717) is 12.8 Å². The van der Waals surface area contributed by atoms with E-state index in [1.54, 1.807) is 6.92 Å². The van der Waals surface area contributed by atoms with Crippen molar-refractivity contribution < 1.29 is 23.1 Å². The van der Waals surface area contributed by atoms with Gasteiger partial charge < -0.3 is 4.74 Å². The molecule has 0 bridgehead atoms. The van der Waals surface area contributed by atoms with Gasteiger partial charge in [0.25, 0.3) is 0 Å². The van der Waals surface area contributed by atoms with Gasteiger partial charge >= 0.3 is 5.97 Å². The highest BCUT2D eigenvalue weighted by molar-refractivity contribution is 7.76. The molecule has 1 fully saturated rings. The Balaban J connectivity index is 2.78. The van der Waals surface area contributed by atoms with Crippen molar-refractivity contribution in [2.24, 2.45) is 0 Å². The van der Waals surface area contributed by atoms with Crippen LogP contribution in [-0.4, -0.2) is 43.0 Å². The van der Waals surface area contributed by atoms with Crippen LogP contribution in [-0.2, 0) is 25.6 Å². The molecule has 1 atom stereocenters. The van der Waals surface area contributed by atoms with E-state index in [-0.39, 0.29) is 19.6 Å². The Bertz CT molecular complexity index is 370. The fourth-order valence-electron chi connectivity index (χ4n) is 2.37. The van der Waals surface area contributed by atoms with E-state index < -0.39 is 28.0 Å². The number of carbonyl (C=O) groups excluding carboxylic acids is 2. The monoisotopic (exact) mass is 311 g/mol. The van der Waals surface area contributed by atoms with Crippen molar-refractivity contribution in [2.45, 2.75) is 44.6 Å². The van der Waals surface area contributed by atoms with E-state index in [2.05, 4.69) is 0 Å². The van der Waals surface area contributed by atoms with Crippen LogP contribution < -0.4 is 0 Å². The number of ether oxygens (including phenoxy) is 1. The molecular weight excluding hydrogens is 294 g/mol. The van der Waals surface area contributed by atoms with E-state index >= 15 is 0 Å². The van der Waals surface area contributed by atoms with Gasteiger partial charge in [-0.15, -0.1) is 0 Å². The Labute approximate surface area is 119 Å². The molecule has 110 valence electrons. The lowest BCUT2D eigenvalue weighted by Gasteiger charge is -2.34. The van der Waals surface area contributed by atoms with E-state index in [0.717, 1.165) is 17.1 Å². The number of nitrogens with zero attached hydrogens (tertiary/aromatic N) is 1. The summed E-state index contributed by atoms with van der Waals surface area (Å²) >= 11 is 3.26. The van der Waals surface area contributed by atoms with Crippen molar-refractivity contribution in [1.29, 1.82) is 0 Å². The van der Waals surface area contributed by atoms with Crippen LogP contribution in [0.15, 0.2) is 0 Å². The number of carbonyl (C=O) groups is 2. The number of rotatable bonds is 7. The first-order valence-corrected chi connectivity index (χ1v) is 7.62. The summed E-state index contributed by atoms with van der Waals surface area (Å²) in [6, 6.07) is 0. The maximum Gasteiger partial charge on any atom is 0.307 e. The summed E-state index contributed by atoms with van der Waals surface area (Å²) in [5.41, 5.74) is -1.13. The van der Waals surface area contributed by atoms with Gasteiger partial charge in [-0.05, 0) is 31.4 Å². The number of hydrogen-bond donors (Lipinski definition) is 1. The summed E-state index contributed by atoms with van der Waals surface area (Å²) in [5.74, 6) is -0.465. The molecule has 0 spiro atoms. The van der Waals surface area contributed by atoms with Gasteiger partial charge in [-0.2, -0.15) is 4.31 Å². The van der Waals surface area contributed by atoms with E-state index in [1.165, 1.54) is 0 Å². The van der Waals surface area contributed by atoms with E-state index in [4.69, 9.17) is 16.3 Å². The first kappa shape index (κ1) is 16.6. The second kappa shape index (κ2) is 7.33. The molecule has 0 aliphatic heterocycles. The average Bonchev–Trinajstić information content (AvgIpc) is 2.79. The van der Waals surface area contributed by atoms with Crippen LogP contribution in [0.3, 0.4) is 0 Å². The molecule has 0 radical (unpaired) electrons. The zero-order valence-corrected chi connectivity index (χ0v) is 12.3. The largest absolute Gasteiger partial charge is 0.466 e. The predicted molar refractivity (Wildman–Crippen MR) is 70.8 cm³/mol. The van der Waals surface area contributed by atoms with Crippen LogP contribution in [0.1, 0.15) is 39.0 Å². The molecule has 0 aromatic heterocycles. The van der Waals surface area contributed by atoms with Gasteiger partial charge in [-0.3, -0.25) is 14.1 Å². The number of hydrogen-bond acceptors (Lipinski definition) is 4. The molecule has 8 heteroatoms. The Morgan fingerprint density at radius 1 is 1.42 bits per heavy atom. The third kappa shape index (κ3) is 3.98. The highest BCUT2D eigenvalue weighted by Gasteiger charge is 2.47. The van der Waals surface area contributed by atoms with Gasteiger partial charge in [0.2, 0.25) is 16.5 Å². The van der Waals surface area contributed by atoms with Gasteiger partial charge in [0.1, 0.15) is 5.54 Å². The summed E-state index contributed by atoms with van der Waals surface area (Å²) in [6.07, 6.45) is 2.36. The Hall–Kier alpha value is -0.500. The van der Waals surface area contributed by atoms with Crippen molar-refractivity contribution in [1.82, 2.24) is 4.31 Å². The zero-order chi connectivity index (χ0) is 14.5. The highest BCUT2D eigenvalue weighted by Crippen LogP contribution is 2.38. The van der Waals surface area contributed by atoms with Crippen molar-refractivity contribution in [3.05, 3.63) is 0 Å². The van der Waals surface area contributed by atoms with Crippen LogP contribution in [0.2, 0.25) is 0 Å². The molecule has 1 N–H and O–H groups in total. The number of esters is 1. The van der Waals surface area contributed by atoms with Gasteiger partial charge in [0, 0.05) is 6.54 Å². The molecule has 0 amide bonds. The van der Waals surface area contributed by atoms with E-state index in [1.807, 2.05) is 0 Å². The lowest BCUT2D eigenvalue weighted by molar-refractivity contribution is -0.143. The SMILES string of the molecule is CCOC(=O)CCN(S(=O)O)C1(C(=O)Cl)CCCC1. The molecule has 0 aromatic rings. The normalized spacial score (nSPS) is 19.4. The minimum absolute atomic E-state index is 0.0274. The second-order valence-corrected chi connectivity index (χ2v) is 5.65. The van der Waals surface area contributed by atoms with Crippen molar-refractivity contribution in [3.63, 3.8) is 0 Å². The fourth-order valence-corrected chi connectivity index (χ4v) is 3.52. The molecule has 0 aromatic carbocycles. The lowest BCUT2D eigenvalue weighted by atomic mass is 9.99. The molecule has 0 heterocycles. The molecule has 1 aliphatic carbocycles. The summed E-state index contributed by atoms with van der Waals surface area (Å²) in [7, 11) is 0. The van der Waals surface area contributed by atoms with Crippen molar-refractivity contribution >= 4 is 34.1 Å². The molecule has 1 unspecified atom stereocenters. The van der Waals surface area contributed by atoms with Crippen molar-refractivity contribution in [3.8, 4) is 0 Å². The van der Waals surface area contributed by atoms with Gasteiger partial charge in [0.15, 0.2) is 0 Å². The summed E-state index contributed by atoms with van der Waals surface area (Å²) < 4.78 is 26.7. The Morgan fingerprint density at radius 2 is 2.00 bits per heavy atom. The molecule has 19 heavy (non-hydrogen) atoms. The second-order valence-electron chi connectivity index (χ2n) is 4.40. The summed E-state index contributed by atoms with van der Waals surface area (Å²) in [4.78, 5) is 23.0. The van der Waals surface area contributed by atoms with E-state index in [9.17, 15) is 18.4 Å². The fraction of sp³-hybridized carbons (Fsp3) is 0.818. The first-order chi connectivity index (χ1) is 8.94. The smallest absolute Gasteiger partial charge is 0.307 e. The topological polar surface area (TPSA) is 83.9 Å². The predicted octanol–water partition coefficient (Wildman–Crippen LogP) is 1.46. The minimum Gasteiger partial charge on any atom is -0.466 e. The Morgan fingerprint density at radius 3 is 2.42 bits per heavy atom. The first-order valence-electron chi connectivity index (χ1n) is 6.18. The number of halogens is 1. The van der Waals surface area contributed by atoms with Crippen LogP contribution in [0.25, 0.3) is 0 Å². The maximum atomic E-state index is 11.6. The van der Waals surface area contributed by atoms with Crippen LogP contribution in [0.5, 0.6) is 0 Å². The molecular formula is C11H18ClNO5S. The third-order valence-corrected chi connectivity index (χ3v) is 4.55. The summed E-state index contributed by atoms with van der Waals surface area (Å²) in [5, 5.41) is -0.642. The van der Waals surface area contributed by atoms with Gasteiger partial charge in [-0.25, -0.2) is 4.21 Å². The average molecular weight is 312 g/mol.